The number of carboxylic acids is 1. The maximum atomic E-state index is 14.5. The predicted octanol–water partition coefficient (Wildman–Crippen LogP) is -4.30. The lowest BCUT2D eigenvalue weighted by Gasteiger charge is -2.32. The third-order valence-electron chi connectivity index (χ3n) is 20.7. The largest absolute Gasteiger partial charge is 0.480 e. The number of hydrogen-bond donors (Lipinski definition) is 22. The number of carbonyl (C=O) groups excluding carboxylic acids is 17. The number of nitrogens with zero attached hydrogens (tertiary/aromatic N) is 2. The lowest BCUT2D eigenvalue weighted by Crippen LogP contribution is -2.62. The molecular formula is C78H137N19O21S3. The zero-order valence-corrected chi connectivity index (χ0v) is 74.9. The summed E-state index contributed by atoms with van der Waals surface area (Å²) in [5, 5.41) is 66.5. The standard InChI is InChI=1S/C78H137N19O21S3/c1-15-43(11)61(92-58(101)34-83-66(105)50(32-40(5)6)88-75(114)63(45(13)99)93-59(102)35-82-65(104)48(26-30-121-14)85-68(107)51(33-41(7)8)87-64(103)46(80)31-39(3)4)74(113)94-60(42(9)10)72(111)91-54(38-120)77(116)96-28-19-22-55(96)71(110)95-62(44(12)16-2)73(112)90-53(37-119)70(109)89-52(36-98)69(108)84-47(24-25-57(81)100)67(106)86-49(21-17-18-27-79)76(115)97-29-20-23-56(97)78(117)118/h39-56,60-63,98-99,119-120H,15-38,79-80H2,1-14H3,(H2,81,100)(H,82,104)(H,83,105)(H,84,108)(H,85,107)(H,86,106)(H,87,103)(H,88,114)(H,89,109)(H,90,112)(H,91,111)(H,92,101)(H,93,102)(H,94,113)(H,95,110)(H,117,118)/t43-,44-,45+,46-,47-,48-,49-,50-,51-,52-,53-,54-,55-,56-,60-,61-,62-,63-/m0/s1. The van der Waals surface area contributed by atoms with Gasteiger partial charge >= 0.3 is 5.97 Å². The van der Waals surface area contributed by atoms with E-state index in [9.17, 15) is 102 Å². The topological polar surface area (TPSA) is 621 Å². The average molecular weight is 1770 g/mol. The van der Waals surface area contributed by atoms with Crippen LogP contribution < -0.4 is 91.6 Å². The van der Waals surface area contributed by atoms with Gasteiger partial charge in [-0.25, -0.2) is 4.79 Å². The van der Waals surface area contributed by atoms with Gasteiger partial charge in [0.05, 0.1) is 31.8 Å². The number of thiol groups is 2. The summed E-state index contributed by atoms with van der Waals surface area (Å²) in [6.07, 6.45) is 2.52. The highest BCUT2D eigenvalue weighted by Gasteiger charge is 2.44. The van der Waals surface area contributed by atoms with Crippen LogP contribution in [0.15, 0.2) is 0 Å². The Morgan fingerprint density at radius 3 is 1.35 bits per heavy atom. The second-order valence-corrected chi connectivity index (χ2v) is 34.3. The van der Waals surface area contributed by atoms with E-state index in [-0.39, 0.29) is 81.7 Å². The molecule has 688 valence electrons. The monoisotopic (exact) mass is 1770 g/mol. The maximum Gasteiger partial charge on any atom is 0.326 e. The minimum absolute atomic E-state index is 0.00571. The summed E-state index contributed by atoms with van der Waals surface area (Å²) in [5.74, 6) is -18.0. The van der Waals surface area contributed by atoms with Crippen molar-refractivity contribution in [1.29, 1.82) is 0 Å². The first-order valence-corrected chi connectivity index (χ1v) is 44.3. The van der Waals surface area contributed by atoms with Gasteiger partial charge in [-0.3, -0.25) is 81.5 Å². The van der Waals surface area contributed by atoms with E-state index in [2.05, 4.69) is 99.7 Å². The Labute approximate surface area is 724 Å². The highest BCUT2D eigenvalue weighted by Crippen LogP contribution is 2.24. The fourth-order valence-electron chi connectivity index (χ4n) is 13.4. The number of aliphatic hydroxyl groups excluding tert-OH is 2. The number of unbranched alkanes of at least 4 members (excludes halogenated alkanes) is 1. The molecule has 0 aromatic carbocycles. The number of carboxylic acid groups (broad SMARTS) is 1. The van der Waals surface area contributed by atoms with Gasteiger partial charge in [0.25, 0.3) is 0 Å². The van der Waals surface area contributed by atoms with Gasteiger partial charge in [0.1, 0.15) is 84.6 Å². The molecule has 17 amide bonds. The summed E-state index contributed by atoms with van der Waals surface area (Å²) in [7, 11) is 0. The van der Waals surface area contributed by atoms with Gasteiger partial charge < -0.3 is 117 Å². The highest BCUT2D eigenvalue weighted by molar-refractivity contribution is 7.98. The van der Waals surface area contributed by atoms with E-state index < -0.39 is 259 Å². The fourth-order valence-corrected chi connectivity index (χ4v) is 14.4. The predicted molar refractivity (Wildman–Crippen MR) is 457 cm³/mol. The van der Waals surface area contributed by atoms with Crippen molar-refractivity contribution in [2.45, 2.75) is 283 Å². The van der Waals surface area contributed by atoms with Gasteiger partial charge in [0, 0.05) is 31.0 Å². The van der Waals surface area contributed by atoms with Crippen molar-refractivity contribution >= 4 is 143 Å². The first kappa shape index (κ1) is 108. The molecule has 0 unspecified atom stereocenters. The number of carbonyl (C=O) groups is 18. The Balaban J connectivity index is 2.22. The van der Waals surface area contributed by atoms with Crippen LogP contribution in [0.5, 0.6) is 0 Å². The number of nitrogens with two attached hydrogens (primary N) is 3. The number of thioether (sulfide) groups is 1. The molecule has 0 saturated carbocycles. The minimum atomic E-state index is -1.80. The van der Waals surface area contributed by atoms with Gasteiger partial charge in [-0.2, -0.15) is 37.0 Å². The van der Waals surface area contributed by atoms with Crippen molar-refractivity contribution in [2.75, 3.05) is 62.8 Å². The summed E-state index contributed by atoms with van der Waals surface area (Å²) in [6.45, 7) is 20.0. The second kappa shape index (κ2) is 55.5. The van der Waals surface area contributed by atoms with Gasteiger partial charge in [-0.05, 0) is 138 Å². The molecule has 121 heavy (non-hydrogen) atoms. The first-order chi connectivity index (χ1) is 56.9. The normalized spacial score (nSPS) is 17.9. The number of amides is 17. The summed E-state index contributed by atoms with van der Waals surface area (Å²) in [5.41, 5.74) is 17.2. The van der Waals surface area contributed by atoms with Gasteiger partial charge in [0.15, 0.2) is 0 Å². The van der Waals surface area contributed by atoms with Crippen LogP contribution in [0.1, 0.15) is 186 Å². The molecular weight excluding hydrogens is 1640 g/mol. The maximum absolute atomic E-state index is 14.5. The molecule has 2 aliphatic heterocycles. The van der Waals surface area contributed by atoms with Crippen molar-refractivity contribution in [3.05, 3.63) is 0 Å². The smallest absolute Gasteiger partial charge is 0.326 e. The molecule has 0 aromatic rings. The van der Waals surface area contributed by atoms with Crippen LogP contribution in [0, 0.1) is 35.5 Å². The van der Waals surface area contributed by atoms with Gasteiger partial charge in [0.2, 0.25) is 100 Å². The van der Waals surface area contributed by atoms with Gasteiger partial charge in [-0.1, -0.05) is 95.9 Å². The molecule has 40 nitrogen and oxygen atoms in total. The van der Waals surface area contributed by atoms with Crippen molar-refractivity contribution in [1.82, 2.24) is 84.2 Å². The zero-order chi connectivity index (χ0) is 91.8. The van der Waals surface area contributed by atoms with Crippen LogP contribution in [0.2, 0.25) is 0 Å². The lowest BCUT2D eigenvalue weighted by atomic mass is 9.96. The molecule has 2 rings (SSSR count). The van der Waals surface area contributed by atoms with Crippen LogP contribution in [0.25, 0.3) is 0 Å². The fraction of sp³-hybridized carbons (Fsp3) is 0.769. The quantitative estimate of drug-likeness (QED) is 0.0202. The number of nitrogens with one attached hydrogen (secondary N) is 14. The molecule has 0 bridgehead atoms. The van der Waals surface area contributed by atoms with Crippen molar-refractivity contribution in [2.24, 2.45) is 52.7 Å². The van der Waals surface area contributed by atoms with Gasteiger partial charge in [-0.15, -0.1) is 0 Å². The summed E-state index contributed by atoms with van der Waals surface area (Å²) >= 11 is 10.0. The average Bonchev–Trinajstić information content (AvgIpc) is 1.68. The minimum Gasteiger partial charge on any atom is -0.480 e. The molecule has 0 radical (unpaired) electrons. The number of hydrogen-bond acceptors (Lipinski definition) is 25. The SMILES string of the molecule is CC[C@H](C)[C@H](NC(=O)CNC(=O)[C@H](CC(C)C)NC(=O)[C@@H](NC(=O)CNC(=O)[C@H](CCSC)NC(=O)[C@H](CC(C)C)NC(=O)[C@@H](N)CC(C)C)[C@@H](C)O)C(=O)N[C@H](C(=O)N[C@@H](CS)C(=O)N1CCC[C@H]1C(=O)N[C@H](C(=O)N[C@@H](CS)C(=O)N[C@@H](CO)C(=O)N[C@@H](CCC(N)=O)C(=O)N[C@@H](CCCCN)C(=O)N1CCC[C@H]1C(=O)O)[C@@H](C)CC)C(C)C. The van der Waals surface area contributed by atoms with E-state index >= 15 is 0 Å². The van der Waals surface area contributed by atoms with E-state index in [0.717, 1.165) is 4.90 Å². The number of likely N-dealkylation sites (tertiary alicyclic amines) is 2. The summed E-state index contributed by atoms with van der Waals surface area (Å²) in [4.78, 5) is 248. The van der Waals surface area contributed by atoms with Crippen LogP contribution in [-0.4, -0.2) is 291 Å². The molecule has 0 spiro atoms. The van der Waals surface area contributed by atoms with E-state index in [1.165, 1.54) is 23.6 Å². The van der Waals surface area contributed by atoms with E-state index in [1.54, 1.807) is 61.6 Å². The Morgan fingerprint density at radius 2 is 0.860 bits per heavy atom. The van der Waals surface area contributed by atoms with Crippen LogP contribution in [-0.2, 0) is 86.3 Å². The Kier molecular flexibility index (Phi) is 49.7. The van der Waals surface area contributed by atoms with Crippen LogP contribution in [0.4, 0.5) is 0 Å². The Morgan fingerprint density at radius 1 is 0.455 bits per heavy atom. The number of rotatable bonds is 56. The number of aliphatic carboxylic acids is 1. The molecule has 0 aliphatic carbocycles. The third kappa shape index (κ3) is 37.1. The molecule has 2 saturated heterocycles. The van der Waals surface area contributed by atoms with Crippen LogP contribution >= 0.6 is 37.0 Å². The Hall–Kier alpha value is -8.65. The van der Waals surface area contributed by atoms with E-state index in [4.69, 9.17) is 17.2 Å². The first-order valence-electron chi connectivity index (χ1n) is 41.6. The molecule has 2 fully saturated rings. The second-order valence-electron chi connectivity index (χ2n) is 32.6. The van der Waals surface area contributed by atoms with Crippen molar-refractivity contribution in [3.63, 3.8) is 0 Å². The number of primary amides is 1. The molecule has 2 aliphatic rings. The van der Waals surface area contributed by atoms with E-state index in [1.807, 2.05) is 27.7 Å². The molecule has 2 heterocycles. The zero-order valence-electron chi connectivity index (χ0n) is 72.3. The summed E-state index contributed by atoms with van der Waals surface area (Å²) in [6, 6.07) is -20.1. The molecule has 18 atom stereocenters. The lowest BCUT2D eigenvalue weighted by molar-refractivity contribution is -0.149. The number of aliphatic hydroxyl groups is 2. The third-order valence-corrected chi connectivity index (χ3v) is 22.1. The van der Waals surface area contributed by atoms with Crippen molar-refractivity contribution < 1.29 is 102 Å². The van der Waals surface area contributed by atoms with E-state index in [0.29, 0.717) is 50.7 Å². The molecule has 43 heteroatoms. The van der Waals surface area contributed by atoms with Crippen molar-refractivity contribution in [3.8, 4) is 0 Å². The Bertz CT molecular complexity index is 3490. The summed E-state index contributed by atoms with van der Waals surface area (Å²) < 4.78 is 0. The molecule has 23 N–H and O–H groups in total. The highest BCUT2D eigenvalue weighted by atomic mass is 32.2. The van der Waals surface area contributed by atoms with Crippen LogP contribution in [0.3, 0.4) is 0 Å². The molecule has 0 aromatic heterocycles.